The molecular weight excluding hydrogens is 337 g/mol. The summed E-state index contributed by atoms with van der Waals surface area (Å²) in [5.74, 6) is 0.0566. The molecule has 0 bridgehead atoms. The third kappa shape index (κ3) is 5.37. The highest BCUT2D eigenvalue weighted by Gasteiger charge is 2.30. The van der Waals surface area contributed by atoms with E-state index in [4.69, 9.17) is 5.73 Å². The van der Waals surface area contributed by atoms with Crippen LogP contribution in [-0.2, 0) is 11.0 Å². The Morgan fingerprint density at radius 2 is 2.14 bits per heavy atom. The monoisotopic (exact) mass is 354 g/mol. The standard InChI is InChI=1S/C14H17F3N2OS.ClH/c15-14(16,17)10-3-1-5-12(7-10)21-9-13(20)19-6-2-4-11(18)8-19;/h1,3,5,7,11H,2,4,6,8-9,18H2;1H. The van der Waals surface area contributed by atoms with E-state index in [1.165, 1.54) is 6.07 Å². The summed E-state index contributed by atoms with van der Waals surface area (Å²) in [7, 11) is 0. The zero-order valence-electron chi connectivity index (χ0n) is 11.8. The molecule has 1 aromatic rings. The predicted molar refractivity (Wildman–Crippen MR) is 83.2 cm³/mol. The summed E-state index contributed by atoms with van der Waals surface area (Å²) in [4.78, 5) is 14.2. The van der Waals surface area contributed by atoms with Gasteiger partial charge in [0.15, 0.2) is 0 Å². The smallest absolute Gasteiger partial charge is 0.340 e. The lowest BCUT2D eigenvalue weighted by atomic mass is 10.1. The Labute approximate surface area is 137 Å². The molecule has 1 heterocycles. The number of nitrogens with two attached hydrogens (primary N) is 1. The highest BCUT2D eigenvalue weighted by molar-refractivity contribution is 8.00. The third-order valence-corrected chi connectivity index (χ3v) is 4.31. The van der Waals surface area contributed by atoms with Gasteiger partial charge in [-0.1, -0.05) is 6.07 Å². The van der Waals surface area contributed by atoms with Gasteiger partial charge in [-0.15, -0.1) is 24.2 Å². The maximum atomic E-state index is 12.6. The van der Waals surface area contributed by atoms with Crippen molar-refractivity contribution in [3.05, 3.63) is 29.8 Å². The summed E-state index contributed by atoms with van der Waals surface area (Å²) in [6, 6.07) is 5.03. The third-order valence-electron chi connectivity index (χ3n) is 3.33. The zero-order valence-corrected chi connectivity index (χ0v) is 13.4. The van der Waals surface area contributed by atoms with Crippen LogP contribution in [0.5, 0.6) is 0 Å². The van der Waals surface area contributed by atoms with Crippen LogP contribution in [0.15, 0.2) is 29.2 Å². The van der Waals surface area contributed by atoms with E-state index < -0.39 is 11.7 Å². The molecule has 0 saturated carbocycles. The summed E-state index contributed by atoms with van der Waals surface area (Å²) in [5, 5.41) is 0. The highest BCUT2D eigenvalue weighted by Crippen LogP contribution is 2.31. The number of alkyl halides is 3. The van der Waals surface area contributed by atoms with Gasteiger partial charge in [0.25, 0.3) is 0 Å². The Hall–Kier alpha value is -0.920. The van der Waals surface area contributed by atoms with E-state index in [0.717, 1.165) is 36.7 Å². The van der Waals surface area contributed by atoms with Gasteiger partial charge in [-0.25, -0.2) is 0 Å². The van der Waals surface area contributed by atoms with Crippen LogP contribution in [0.25, 0.3) is 0 Å². The van der Waals surface area contributed by atoms with Crippen LogP contribution in [-0.4, -0.2) is 35.7 Å². The number of hydrogen-bond acceptors (Lipinski definition) is 3. The maximum Gasteiger partial charge on any atom is 0.416 e. The highest BCUT2D eigenvalue weighted by atomic mass is 35.5. The topological polar surface area (TPSA) is 46.3 Å². The average molecular weight is 355 g/mol. The first-order valence-corrected chi connectivity index (χ1v) is 7.68. The quantitative estimate of drug-likeness (QED) is 0.848. The lowest BCUT2D eigenvalue weighted by Gasteiger charge is -2.30. The molecule has 1 aliphatic rings. The van der Waals surface area contributed by atoms with Crippen LogP contribution < -0.4 is 5.73 Å². The van der Waals surface area contributed by atoms with Crippen molar-refractivity contribution in [2.45, 2.75) is 30.0 Å². The SMILES string of the molecule is Cl.NC1CCCN(C(=O)CSc2cccc(C(F)(F)F)c2)C1. The van der Waals surface area contributed by atoms with Crippen molar-refractivity contribution in [2.24, 2.45) is 5.73 Å². The van der Waals surface area contributed by atoms with Gasteiger partial charge in [0, 0.05) is 24.0 Å². The van der Waals surface area contributed by atoms with Crippen LogP contribution in [0.1, 0.15) is 18.4 Å². The van der Waals surface area contributed by atoms with Crippen molar-refractivity contribution < 1.29 is 18.0 Å². The molecule has 0 aliphatic carbocycles. The first-order chi connectivity index (χ1) is 9.86. The fourth-order valence-electron chi connectivity index (χ4n) is 2.24. The number of nitrogens with zero attached hydrogens (tertiary/aromatic N) is 1. The molecule has 1 fully saturated rings. The van der Waals surface area contributed by atoms with E-state index >= 15 is 0 Å². The average Bonchev–Trinajstić information content (AvgIpc) is 2.44. The first kappa shape index (κ1) is 19.1. The van der Waals surface area contributed by atoms with Gasteiger partial charge in [-0.3, -0.25) is 4.79 Å². The second-order valence-corrected chi connectivity index (χ2v) is 6.11. The number of likely N-dealkylation sites (tertiary alicyclic amines) is 1. The summed E-state index contributed by atoms with van der Waals surface area (Å²) in [6.07, 6.45) is -2.58. The molecule has 22 heavy (non-hydrogen) atoms. The van der Waals surface area contributed by atoms with Gasteiger partial charge in [-0.05, 0) is 31.0 Å². The molecule has 1 aromatic carbocycles. The summed E-state index contributed by atoms with van der Waals surface area (Å²) >= 11 is 1.12. The number of hydrogen-bond donors (Lipinski definition) is 1. The number of rotatable bonds is 3. The van der Waals surface area contributed by atoms with Crippen molar-refractivity contribution in [3.63, 3.8) is 0 Å². The van der Waals surface area contributed by atoms with Crippen molar-refractivity contribution in [1.29, 1.82) is 0 Å². The first-order valence-electron chi connectivity index (χ1n) is 6.69. The van der Waals surface area contributed by atoms with E-state index in [0.29, 0.717) is 18.0 Å². The maximum absolute atomic E-state index is 12.6. The van der Waals surface area contributed by atoms with Crippen LogP contribution >= 0.6 is 24.2 Å². The molecular formula is C14H18ClF3N2OS. The Kier molecular flexibility index (Phi) is 7.02. The molecule has 0 spiro atoms. The van der Waals surface area contributed by atoms with Crippen LogP contribution in [0.3, 0.4) is 0 Å². The largest absolute Gasteiger partial charge is 0.416 e. The number of halogens is 4. The number of piperidine rings is 1. The Morgan fingerprint density at radius 1 is 1.41 bits per heavy atom. The molecule has 124 valence electrons. The van der Waals surface area contributed by atoms with Crippen molar-refractivity contribution in [2.75, 3.05) is 18.8 Å². The molecule has 2 N–H and O–H groups in total. The van der Waals surface area contributed by atoms with Gasteiger partial charge < -0.3 is 10.6 Å². The van der Waals surface area contributed by atoms with Crippen LogP contribution in [0, 0.1) is 0 Å². The Bertz CT molecular complexity index is 513. The van der Waals surface area contributed by atoms with Crippen molar-refractivity contribution >= 4 is 30.1 Å². The predicted octanol–water partition coefficient (Wildman–Crippen LogP) is 3.17. The number of thioether (sulfide) groups is 1. The van der Waals surface area contributed by atoms with Crippen LogP contribution in [0.4, 0.5) is 13.2 Å². The lowest BCUT2D eigenvalue weighted by molar-refractivity contribution is -0.137. The van der Waals surface area contributed by atoms with Gasteiger partial charge in [-0.2, -0.15) is 13.2 Å². The lowest BCUT2D eigenvalue weighted by Crippen LogP contribution is -2.46. The van der Waals surface area contributed by atoms with E-state index in [1.54, 1.807) is 11.0 Å². The van der Waals surface area contributed by atoms with Gasteiger partial charge in [0.2, 0.25) is 5.91 Å². The summed E-state index contributed by atoms with van der Waals surface area (Å²) < 4.78 is 37.8. The molecule has 8 heteroatoms. The van der Waals surface area contributed by atoms with E-state index in [9.17, 15) is 18.0 Å². The van der Waals surface area contributed by atoms with Gasteiger partial charge >= 0.3 is 6.18 Å². The van der Waals surface area contributed by atoms with Crippen LogP contribution in [0.2, 0.25) is 0 Å². The number of carbonyl (C=O) groups excluding carboxylic acids is 1. The van der Waals surface area contributed by atoms with Gasteiger partial charge in [0.1, 0.15) is 0 Å². The minimum absolute atomic E-state index is 0. The molecule has 1 saturated heterocycles. The van der Waals surface area contributed by atoms with Crippen molar-refractivity contribution in [1.82, 2.24) is 4.90 Å². The Balaban J connectivity index is 0.00000242. The Morgan fingerprint density at radius 3 is 2.77 bits per heavy atom. The minimum Gasteiger partial charge on any atom is -0.340 e. The second kappa shape index (κ2) is 8.08. The minimum atomic E-state index is -4.36. The van der Waals surface area contributed by atoms with E-state index in [-0.39, 0.29) is 30.1 Å². The molecule has 2 rings (SSSR count). The molecule has 0 aromatic heterocycles. The molecule has 1 atom stereocenters. The van der Waals surface area contributed by atoms with E-state index in [2.05, 4.69) is 0 Å². The fourth-order valence-corrected chi connectivity index (χ4v) is 3.09. The molecule has 1 amide bonds. The van der Waals surface area contributed by atoms with E-state index in [1.807, 2.05) is 0 Å². The number of benzene rings is 1. The molecule has 1 aliphatic heterocycles. The van der Waals surface area contributed by atoms with Crippen molar-refractivity contribution in [3.8, 4) is 0 Å². The number of amides is 1. The number of carbonyl (C=O) groups is 1. The summed E-state index contributed by atoms with van der Waals surface area (Å²) in [6.45, 7) is 1.21. The molecule has 3 nitrogen and oxygen atoms in total. The normalized spacial score (nSPS) is 18.7. The zero-order chi connectivity index (χ0) is 15.5. The molecule has 0 radical (unpaired) electrons. The summed E-state index contributed by atoms with van der Waals surface area (Å²) in [5.41, 5.74) is 5.12. The van der Waals surface area contributed by atoms with Gasteiger partial charge in [0.05, 0.1) is 11.3 Å². The second-order valence-electron chi connectivity index (χ2n) is 5.06. The fraction of sp³-hybridized carbons (Fsp3) is 0.500. The molecule has 1 unspecified atom stereocenters.